The number of carboxylic acid groups (broad SMARTS) is 1. The molecule has 1 heterocycles. The van der Waals surface area contributed by atoms with Crippen molar-refractivity contribution in [2.45, 2.75) is 11.1 Å². The zero-order valence-corrected chi connectivity index (χ0v) is 9.83. The fourth-order valence-corrected chi connectivity index (χ4v) is 1.89. The highest BCUT2D eigenvalue weighted by molar-refractivity contribution is 7.99. The van der Waals surface area contributed by atoms with Gasteiger partial charge < -0.3 is 15.3 Å². The van der Waals surface area contributed by atoms with Gasteiger partial charge in [0.1, 0.15) is 0 Å². The molecule has 0 saturated carbocycles. The van der Waals surface area contributed by atoms with Gasteiger partial charge >= 0.3 is 11.7 Å². The van der Waals surface area contributed by atoms with Crippen LogP contribution in [0.25, 0.3) is 0 Å². The average molecular weight is 274 g/mol. The number of nitrogens with zero attached hydrogens (tertiary/aromatic N) is 2. The molecule has 0 radical (unpaired) electrons. The molecule has 98 valence electrons. The Bertz CT molecular complexity index is 466. The summed E-state index contributed by atoms with van der Waals surface area (Å²) in [4.78, 5) is 24.3. The fraction of sp³-hybridized carbons (Fsp3) is 0.333. The molecule has 1 unspecified atom stereocenters. The third kappa shape index (κ3) is 3.65. The summed E-state index contributed by atoms with van der Waals surface area (Å²) in [7, 11) is 0. The maximum Gasteiger partial charge on any atom is 0.337 e. The molecule has 0 aromatic carbocycles. The molecule has 1 rings (SSSR count). The zero-order valence-electron chi connectivity index (χ0n) is 9.02. The molecule has 1 aromatic rings. The number of aromatic carboxylic acids is 1. The van der Waals surface area contributed by atoms with Gasteiger partial charge in [-0.25, -0.2) is 9.78 Å². The van der Waals surface area contributed by atoms with Crippen molar-refractivity contribution >= 4 is 23.4 Å². The molecular weight excluding hydrogens is 264 g/mol. The number of nitro groups is 1. The van der Waals surface area contributed by atoms with E-state index in [4.69, 9.17) is 15.3 Å². The van der Waals surface area contributed by atoms with Crippen LogP contribution in [0.1, 0.15) is 10.4 Å². The Morgan fingerprint density at radius 1 is 1.61 bits per heavy atom. The number of thioether (sulfide) groups is 1. The van der Waals surface area contributed by atoms with E-state index in [1.54, 1.807) is 0 Å². The first kappa shape index (κ1) is 14.4. The Balaban J connectivity index is 2.97. The minimum atomic E-state index is -1.31. The molecular formula is C9H10N2O6S. The number of rotatable bonds is 6. The van der Waals surface area contributed by atoms with E-state index < -0.39 is 29.3 Å². The third-order valence-corrected chi connectivity index (χ3v) is 3.04. The molecule has 0 aliphatic carbocycles. The lowest BCUT2D eigenvalue weighted by Crippen LogP contribution is -2.15. The van der Waals surface area contributed by atoms with E-state index in [0.29, 0.717) is 0 Å². The number of hydrogen-bond donors (Lipinski definition) is 3. The highest BCUT2D eigenvalue weighted by Crippen LogP contribution is 2.28. The van der Waals surface area contributed by atoms with E-state index in [0.717, 1.165) is 24.0 Å². The molecule has 18 heavy (non-hydrogen) atoms. The van der Waals surface area contributed by atoms with Crippen molar-refractivity contribution < 1.29 is 25.0 Å². The third-order valence-electron chi connectivity index (χ3n) is 1.90. The van der Waals surface area contributed by atoms with Crippen LogP contribution in [0.4, 0.5) is 5.69 Å². The number of hydrogen-bond acceptors (Lipinski definition) is 7. The molecule has 0 amide bonds. The predicted molar refractivity (Wildman–Crippen MR) is 61.7 cm³/mol. The number of carbonyl (C=O) groups is 1. The van der Waals surface area contributed by atoms with Gasteiger partial charge in [-0.15, -0.1) is 0 Å². The van der Waals surface area contributed by atoms with Crippen LogP contribution in [-0.2, 0) is 0 Å². The quantitative estimate of drug-likeness (QED) is 0.378. The molecule has 3 N–H and O–H groups in total. The van der Waals surface area contributed by atoms with Crippen LogP contribution >= 0.6 is 11.8 Å². The number of aromatic nitrogens is 1. The largest absolute Gasteiger partial charge is 0.478 e. The highest BCUT2D eigenvalue weighted by Gasteiger charge is 2.20. The van der Waals surface area contributed by atoms with E-state index in [2.05, 4.69) is 4.98 Å². The summed E-state index contributed by atoms with van der Waals surface area (Å²) in [5, 5.41) is 37.2. The molecule has 0 fully saturated rings. The van der Waals surface area contributed by atoms with Gasteiger partial charge in [0.25, 0.3) is 0 Å². The molecule has 0 aliphatic rings. The molecule has 1 atom stereocenters. The van der Waals surface area contributed by atoms with Crippen LogP contribution in [0.15, 0.2) is 17.3 Å². The molecule has 0 aliphatic heterocycles. The van der Waals surface area contributed by atoms with E-state index in [1.165, 1.54) is 0 Å². The summed E-state index contributed by atoms with van der Waals surface area (Å²) in [5.74, 6) is -1.28. The summed E-state index contributed by atoms with van der Waals surface area (Å²) in [5.41, 5.74) is -0.723. The van der Waals surface area contributed by atoms with Crippen LogP contribution < -0.4 is 0 Å². The average Bonchev–Trinajstić information content (AvgIpc) is 2.35. The van der Waals surface area contributed by atoms with E-state index >= 15 is 0 Å². The fourth-order valence-electron chi connectivity index (χ4n) is 1.03. The second-order valence-corrected chi connectivity index (χ2v) is 4.27. The Kier molecular flexibility index (Phi) is 5.01. The molecule has 0 saturated heterocycles. The summed E-state index contributed by atoms with van der Waals surface area (Å²) >= 11 is 0.873. The van der Waals surface area contributed by atoms with Crippen LogP contribution in [0.2, 0.25) is 0 Å². The Morgan fingerprint density at radius 2 is 2.28 bits per heavy atom. The van der Waals surface area contributed by atoms with Gasteiger partial charge in [-0.2, -0.15) is 0 Å². The standard InChI is InChI=1S/C9H10N2O6S/c12-3-6(13)4-18-8-7(11(16)17)1-5(2-10-8)9(14)15/h1-2,6,12-13H,3-4H2,(H,14,15). The molecule has 1 aromatic heterocycles. The minimum absolute atomic E-state index is 0.00231. The van der Waals surface area contributed by atoms with Crippen molar-refractivity contribution in [3.8, 4) is 0 Å². The Hall–Kier alpha value is -1.71. The lowest BCUT2D eigenvalue weighted by molar-refractivity contribution is -0.388. The van der Waals surface area contributed by atoms with Gasteiger partial charge in [0.2, 0.25) is 0 Å². The van der Waals surface area contributed by atoms with Gasteiger partial charge in [-0.05, 0) is 0 Å². The van der Waals surface area contributed by atoms with Crippen molar-refractivity contribution in [1.29, 1.82) is 0 Å². The number of aliphatic hydroxyl groups excluding tert-OH is 2. The van der Waals surface area contributed by atoms with Crippen LogP contribution in [0.3, 0.4) is 0 Å². The number of aliphatic hydroxyl groups is 2. The highest BCUT2D eigenvalue weighted by atomic mass is 32.2. The summed E-state index contributed by atoms with van der Waals surface area (Å²) in [6.45, 7) is -0.464. The van der Waals surface area contributed by atoms with Gasteiger partial charge in [0.05, 0.1) is 23.2 Å². The van der Waals surface area contributed by atoms with Crippen molar-refractivity contribution in [1.82, 2.24) is 4.98 Å². The van der Waals surface area contributed by atoms with Crippen molar-refractivity contribution in [3.05, 3.63) is 27.9 Å². The lowest BCUT2D eigenvalue weighted by atomic mass is 10.3. The van der Waals surface area contributed by atoms with Gasteiger partial charge in [0.15, 0.2) is 5.03 Å². The van der Waals surface area contributed by atoms with E-state index in [1.807, 2.05) is 0 Å². The predicted octanol–water partition coefficient (Wildman–Crippen LogP) is 0.133. The minimum Gasteiger partial charge on any atom is -0.478 e. The maximum absolute atomic E-state index is 10.8. The number of pyridine rings is 1. The Labute approximate surface area is 105 Å². The SMILES string of the molecule is O=C(O)c1cnc(SCC(O)CO)c([N+](=O)[O-])c1. The van der Waals surface area contributed by atoms with Gasteiger partial charge in [0, 0.05) is 18.0 Å². The van der Waals surface area contributed by atoms with Crippen LogP contribution in [0, 0.1) is 10.1 Å². The summed E-state index contributed by atoms with van der Waals surface area (Å²) < 4.78 is 0. The van der Waals surface area contributed by atoms with E-state index in [-0.39, 0.29) is 16.3 Å². The second-order valence-electron chi connectivity index (χ2n) is 3.26. The molecule has 8 nitrogen and oxygen atoms in total. The normalized spacial score (nSPS) is 12.1. The molecule has 0 spiro atoms. The zero-order chi connectivity index (χ0) is 13.7. The maximum atomic E-state index is 10.8. The van der Waals surface area contributed by atoms with Crippen molar-refractivity contribution in [2.75, 3.05) is 12.4 Å². The van der Waals surface area contributed by atoms with Crippen LogP contribution in [0.5, 0.6) is 0 Å². The van der Waals surface area contributed by atoms with Gasteiger partial charge in [-0.1, -0.05) is 11.8 Å². The monoisotopic (exact) mass is 274 g/mol. The molecule has 0 bridgehead atoms. The first-order valence-corrected chi connectivity index (χ1v) is 5.73. The molecule has 9 heteroatoms. The first-order chi connectivity index (χ1) is 8.45. The number of carboxylic acids is 1. The topological polar surface area (TPSA) is 134 Å². The summed E-state index contributed by atoms with van der Waals surface area (Å²) in [6, 6.07) is 0.906. The Morgan fingerprint density at radius 3 is 2.78 bits per heavy atom. The lowest BCUT2D eigenvalue weighted by Gasteiger charge is -2.06. The van der Waals surface area contributed by atoms with Gasteiger partial charge in [-0.3, -0.25) is 10.1 Å². The van der Waals surface area contributed by atoms with Crippen molar-refractivity contribution in [3.63, 3.8) is 0 Å². The first-order valence-electron chi connectivity index (χ1n) is 4.75. The summed E-state index contributed by atoms with van der Waals surface area (Å²) in [6.07, 6.45) is -0.0150. The van der Waals surface area contributed by atoms with Crippen LogP contribution in [-0.4, -0.2) is 49.7 Å². The van der Waals surface area contributed by atoms with Crippen molar-refractivity contribution in [2.24, 2.45) is 0 Å². The van der Waals surface area contributed by atoms with E-state index in [9.17, 15) is 14.9 Å². The smallest absolute Gasteiger partial charge is 0.337 e. The second kappa shape index (κ2) is 6.28.